The van der Waals surface area contributed by atoms with E-state index < -0.39 is 11.7 Å². The molecule has 1 aliphatic rings. The van der Waals surface area contributed by atoms with Gasteiger partial charge in [0.2, 0.25) is 5.95 Å². The molecule has 0 saturated heterocycles. The molecule has 0 aliphatic heterocycles. The van der Waals surface area contributed by atoms with Crippen molar-refractivity contribution in [3.8, 4) is 0 Å². The molecule has 1 saturated carbocycles. The molecule has 2 heterocycles. The van der Waals surface area contributed by atoms with Gasteiger partial charge in [-0.1, -0.05) is 12.1 Å². The van der Waals surface area contributed by atoms with Gasteiger partial charge in [-0.2, -0.15) is 13.2 Å². The van der Waals surface area contributed by atoms with E-state index >= 15 is 0 Å². The number of pyridine rings is 1. The summed E-state index contributed by atoms with van der Waals surface area (Å²) in [5, 5.41) is 10.2. The van der Waals surface area contributed by atoms with Gasteiger partial charge in [0.1, 0.15) is 11.3 Å². The average Bonchev–Trinajstić information content (AvgIpc) is 3.67. The molecule has 37 heavy (non-hydrogen) atoms. The van der Waals surface area contributed by atoms with Crippen molar-refractivity contribution in [3.05, 3.63) is 59.8 Å². The van der Waals surface area contributed by atoms with Crippen molar-refractivity contribution in [1.82, 2.24) is 20.3 Å². The zero-order chi connectivity index (χ0) is 26.2. The first-order valence-corrected chi connectivity index (χ1v) is 11.8. The molecule has 11 heteroatoms. The van der Waals surface area contributed by atoms with Crippen LogP contribution in [0.3, 0.4) is 0 Å². The molecule has 4 aromatic rings. The Labute approximate surface area is 209 Å². The molecular weight excluding hydrogens is 485 g/mol. The van der Waals surface area contributed by atoms with Crippen LogP contribution >= 0.6 is 0 Å². The van der Waals surface area contributed by atoms with Crippen molar-refractivity contribution >= 4 is 50.9 Å². The lowest BCUT2D eigenvalue weighted by Gasteiger charge is -2.14. The molecule has 0 bridgehead atoms. The monoisotopic (exact) mass is 508 g/mol. The zero-order valence-corrected chi connectivity index (χ0v) is 19.8. The Morgan fingerprint density at radius 3 is 2.59 bits per heavy atom. The average molecular weight is 509 g/mol. The molecule has 5 rings (SSSR count). The van der Waals surface area contributed by atoms with Gasteiger partial charge < -0.3 is 16.0 Å². The fourth-order valence-electron chi connectivity index (χ4n) is 3.86. The van der Waals surface area contributed by atoms with Gasteiger partial charge in [0.05, 0.1) is 11.1 Å². The molecular formula is C26H23F3N6O2. The van der Waals surface area contributed by atoms with Crippen molar-refractivity contribution in [3.63, 3.8) is 0 Å². The van der Waals surface area contributed by atoms with Crippen molar-refractivity contribution in [2.45, 2.75) is 38.4 Å². The van der Waals surface area contributed by atoms with Crippen LogP contribution in [0.2, 0.25) is 0 Å². The number of ketones is 1. The number of nitrogens with zero attached hydrogens (tertiary/aromatic N) is 3. The topological polar surface area (TPSA) is 109 Å². The number of anilines is 3. The highest BCUT2D eigenvalue weighted by Gasteiger charge is 2.30. The van der Waals surface area contributed by atoms with Gasteiger partial charge in [0, 0.05) is 47.2 Å². The molecule has 0 radical (unpaired) electrons. The van der Waals surface area contributed by atoms with Gasteiger partial charge in [0.25, 0.3) is 5.91 Å². The van der Waals surface area contributed by atoms with E-state index in [4.69, 9.17) is 0 Å². The SMILES string of the molecule is CC(=O)CCNC(=O)c1ccc2c(c1)nc(Nc1cccc(C(F)(F)F)c1)c1nc(NC3CC3)ncc12. The number of halogens is 3. The lowest BCUT2D eigenvalue weighted by molar-refractivity contribution is -0.137. The van der Waals surface area contributed by atoms with Crippen LogP contribution in [0.1, 0.15) is 42.1 Å². The van der Waals surface area contributed by atoms with E-state index in [1.807, 2.05) is 0 Å². The lowest BCUT2D eigenvalue weighted by atomic mass is 10.1. The number of nitrogens with one attached hydrogen (secondary N) is 3. The summed E-state index contributed by atoms with van der Waals surface area (Å²) >= 11 is 0. The Hall–Kier alpha value is -4.28. The largest absolute Gasteiger partial charge is 0.416 e. The zero-order valence-electron chi connectivity index (χ0n) is 19.8. The number of alkyl halides is 3. The van der Waals surface area contributed by atoms with Gasteiger partial charge in [-0.3, -0.25) is 9.59 Å². The fraction of sp³-hybridized carbons (Fsp3) is 0.269. The van der Waals surface area contributed by atoms with Crippen LogP contribution in [0.4, 0.5) is 30.6 Å². The number of Topliss-reactive ketones (excluding diaryl/α,β-unsaturated/α-hetero) is 1. The molecule has 0 spiro atoms. The summed E-state index contributed by atoms with van der Waals surface area (Å²) in [5.41, 5.74) is 0.601. The third-order valence-corrected chi connectivity index (χ3v) is 5.92. The maximum absolute atomic E-state index is 13.3. The highest BCUT2D eigenvalue weighted by molar-refractivity contribution is 6.10. The van der Waals surface area contributed by atoms with Gasteiger partial charge in [-0.15, -0.1) is 0 Å². The van der Waals surface area contributed by atoms with E-state index in [1.165, 1.54) is 19.1 Å². The number of carbonyl (C=O) groups is 2. The first kappa shape index (κ1) is 24.4. The quantitative estimate of drug-likeness (QED) is 0.280. The molecule has 1 amide bonds. The highest BCUT2D eigenvalue weighted by atomic mass is 19.4. The lowest BCUT2D eigenvalue weighted by Crippen LogP contribution is -2.25. The van der Waals surface area contributed by atoms with E-state index in [0.29, 0.717) is 39.4 Å². The van der Waals surface area contributed by atoms with Crippen molar-refractivity contribution in [1.29, 1.82) is 0 Å². The molecule has 8 nitrogen and oxygen atoms in total. The van der Waals surface area contributed by atoms with Crippen molar-refractivity contribution in [2.24, 2.45) is 0 Å². The van der Waals surface area contributed by atoms with Gasteiger partial charge in [-0.05, 0) is 50.1 Å². The smallest absolute Gasteiger partial charge is 0.352 e. The Bertz CT molecular complexity index is 1520. The first-order valence-electron chi connectivity index (χ1n) is 11.8. The second-order valence-electron chi connectivity index (χ2n) is 8.98. The Kier molecular flexibility index (Phi) is 6.36. The van der Waals surface area contributed by atoms with Crippen LogP contribution < -0.4 is 16.0 Å². The summed E-state index contributed by atoms with van der Waals surface area (Å²) in [6.07, 6.45) is -0.596. The number of rotatable bonds is 8. The Morgan fingerprint density at radius 2 is 1.86 bits per heavy atom. The second-order valence-corrected chi connectivity index (χ2v) is 8.98. The minimum absolute atomic E-state index is 0.0344. The van der Waals surface area contributed by atoms with Crippen LogP contribution in [0.25, 0.3) is 21.8 Å². The number of amides is 1. The van der Waals surface area contributed by atoms with E-state index in [2.05, 4.69) is 30.9 Å². The molecule has 190 valence electrons. The van der Waals surface area contributed by atoms with Crippen LogP contribution in [0.15, 0.2) is 48.7 Å². The minimum Gasteiger partial charge on any atom is -0.352 e. The molecule has 1 aliphatic carbocycles. The summed E-state index contributed by atoms with van der Waals surface area (Å²) in [4.78, 5) is 37.4. The summed E-state index contributed by atoms with van der Waals surface area (Å²) < 4.78 is 39.8. The van der Waals surface area contributed by atoms with E-state index in [9.17, 15) is 22.8 Å². The number of fused-ring (bicyclic) bond motifs is 3. The fourth-order valence-corrected chi connectivity index (χ4v) is 3.86. The van der Waals surface area contributed by atoms with E-state index in [0.717, 1.165) is 25.0 Å². The van der Waals surface area contributed by atoms with Crippen molar-refractivity contribution < 1.29 is 22.8 Å². The standard InChI is InChI=1S/C26H23F3N6O2/c1-14(36)9-10-30-24(37)15-5-8-19-20-13-31-25(33-17-6-7-17)35-22(20)23(34-21(19)11-15)32-18-4-2-3-16(12-18)26(27,28)29/h2-5,8,11-13,17H,6-7,9-10H2,1H3,(H,30,37)(H,32,34)(H,31,33,35). The first-order chi connectivity index (χ1) is 17.7. The van der Waals surface area contributed by atoms with Gasteiger partial charge >= 0.3 is 6.18 Å². The summed E-state index contributed by atoms with van der Waals surface area (Å²) in [7, 11) is 0. The second kappa shape index (κ2) is 9.64. The summed E-state index contributed by atoms with van der Waals surface area (Å²) in [6, 6.07) is 10.1. The predicted octanol–water partition coefficient (Wildman–Crippen LogP) is 5.22. The third-order valence-electron chi connectivity index (χ3n) is 5.92. The van der Waals surface area contributed by atoms with E-state index in [1.54, 1.807) is 24.4 Å². The van der Waals surface area contributed by atoms with Gasteiger partial charge in [0.15, 0.2) is 5.82 Å². The molecule has 2 aromatic carbocycles. The maximum atomic E-state index is 13.3. The molecule has 2 aromatic heterocycles. The minimum atomic E-state index is -4.50. The van der Waals surface area contributed by atoms with Crippen LogP contribution in [-0.2, 0) is 11.0 Å². The van der Waals surface area contributed by atoms with Crippen LogP contribution in [0, 0.1) is 0 Å². The normalized spacial score (nSPS) is 13.5. The number of hydrogen-bond donors (Lipinski definition) is 3. The van der Waals surface area contributed by atoms with Crippen LogP contribution in [-0.4, -0.2) is 39.2 Å². The molecule has 0 unspecified atom stereocenters. The van der Waals surface area contributed by atoms with E-state index in [-0.39, 0.29) is 36.2 Å². The number of carbonyl (C=O) groups excluding carboxylic acids is 2. The molecule has 3 N–H and O–H groups in total. The predicted molar refractivity (Wildman–Crippen MR) is 134 cm³/mol. The van der Waals surface area contributed by atoms with Crippen LogP contribution in [0.5, 0.6) is 0 Å². The number of hydrogen-bond acceptors (Lipinski definition) is 7. The highest BCUT2D eigenvalue weighted by Crippen LogP contribution is 2.34. The number of benzene rings is 2. The van der Waals surface area contributed by atoms with Crippen molar-refractivity contribution in [2.75, 3.05) is 17.2 Å². The summed E-state index contributed by atoms with van der Waals surface area (Å²) in [6.45, 7) is 1.66. The Morgan fingerprint density at radius 1 is 1.05 bits per heavy atom. The maximum Gasteiger partial charge on any atom is 0.416 e. The molecule has 0 atom stereocenters. The molecule has 1 fully saturated rings. The summed E-state index contributed by atoms with van der Waals surface area (Å²) in [5.74, 6) is 0.243. The Balaban J connectivity index is 1.57. The van der Waals surface area contributed by atoms with Gasteiger partial charge in [-0.25, -0.2) is 15.0 Å². The third kappa shape index (κ3) is 5.60. The number of aromatic nitrogens is 3.